The molecule has 1 fully saturated rings. The molecule has 1 aliphatic rings. The lowest BCUT2D eigenvalue weighted by Gasteiger charge is -2.27. The smallest absolute Gasteiger partial charge is 0.303 e. The van der Waals surface area contributed by atoms with E-state index in [0.717, 1.165) is 35.9 Å². The Labute approximate surface area is 133 Å². The van der Waals surface area contributed by atoms with Crippen LogP contribution in [-0.2, 0) is 9.63 Å². The van der Waals surface area contributed by atoms with Gasteiger partial charge in [0, 0.05) is 10.9 Å². The fourth-order valence-electron chi connectivity index (χ4n) is 2.34. The Morgan fingerprint density at radius 3 is 2.86 bits per heavy atom. The summed E-state index contributed by atoms with van der Waals surface area (Å²) in [7, 11) is 0. The summed E-state index contributed by atoms with van der Waals surface area (Å²) in [6, 6.07) is 8.40. The molecule has 1 saturated carbocycles. The number of unbranched alkanes of at least 4 members (excludes halogenated alkanes) is 2. The Bertz CT molecular complexity index is 508. The van der Waals surface area contributed by atoms with E-state index in [0.29, 0.717) is 18.9 Å². The quantitative estimate of drug-likeness (QED) is 0.558. The van der Waals surface area contributed by atoms with E-state index in [-0.39, 0.29) is 6.42 Å². The van der Waals surface area contributed by atoms with Crippen LogP contribution in [0.2, 0.25) is 0 Å². The van der Waals surface area contributed by atoms with Crippen LogP contribution in [0.4, 0.5) is 0 Å². The van der Waals surface area contributed by atoms with E-state index < -0.39 is 5.97 Å². The highest BCUT2D eigenvalue weighted by atomic mass is 79.9. The Balaban J connectivity index is 1.58. The van der Waals surface area contributed by atoms with Crippen LogP contribution < -0.4 is 0 Å². The molecule has 114 valence electrons. The van der Waals surface area contributed by atoms with Gasteiger partial charge in [0.2, 0.25) is 0 Å². The summed E-state index contributed by atoms with van der Waals surface area (Å²) in [5.74, 6) is -0.176. The van der Waals surface area contributed by atoms with Gasteiger partial charge in [-0.2, -0.15) is 0 Å². The van der Waals surface area contributed by atoms with Crippen molar-refractivity contribution >= 4 is 27.6 Å². The summed E-state index contributed by atoms with van der Waals surface area (Å²) in [4.78, 5) is 15.6. The van der Waals surface area contributed by atoms with Crippen LogP contribution in [0.15, 0.2) is 33.9 Å². The highest BCUT2D eigenvalue weighted by Crippen LogP contribution is 2.35. The molecule has 0 bridgehead atoms. The number of carboxylic acid groups (broad SMARTS) is 1. The molecule has 21 heavy (non-hydrogen) atoms. The van der Waals surface area contributed by atoms with Crippen molar-refractivity contribution < 1.29 is 14.7 Å². The van der Waals surface area contributed by atoms with Crippen LogP contribution in [0.1, 0.15) is 50.0 Å². The fraction of sp³-hybridized carbons (Fsp3) is 0.500. The molecule has 1 N–H and O–H groups in total. The van der Waals surface area contributed by atoms with E-state index in [9.17, 15) is 4.79 Å². The molecule has 0 unspecified atom stereocenters. The van der Waals surface area contributed by atoms with Crippen LogP contribution in [0.5, 0.6) is 0 Å². The third-order valence-electron chi connectivity index (χ3n) is 3.60. The summed E-state index contributed by atoms with van der Waals surface area (Å²) in [6.45, 7) is 0.574. The fourth-order valence-corrected chi connectivity index (χ4v) is 2.75. The van der Waals surface area contributed by atoms with Crippen molar-refractivity contribution in [3.8, 4) is 0 Å². The Morgan fingerprint density at radius 2 is 2.14 bits per heavy atom. The Kier molecular flexibility index (Phi) is 6.23. The zero-order chi connectivity index (χ0) is 15.1. The molecular formula is C16H20BrNO3. The zero-order valence-corrected chi connectivity index (χ0v) is 13.5. The minimum absolute atomic E-state index is 0.239. The molecule has 0 saturated heterocycles. The second-order valence-corrected chi connectivity index (χ2v) is 6.27. The van der Waals surface area contributed by atoms with Gasteiger partial charge in [-0.1, -0.05) is 33.2 Å². The molecule has 0 atom stereocenters. The average Bonchev–Trinajstić information content (AvgIpc) is 2.39. The van der Waals surface area contributed by atoms with Gasteiger partial charge in [0.25, 0.3) is 0 Å². The lowest BCUT2D eigenvalue weighted by Crippen LogP contribution is -2.22. The first-order valence-corrected chi connectivity index (χ1v) is 8.09. The highest BCUT2D eigenvalue weighted by molar-refractivity contribution is 9.10. The second-order valence-electron chi connectivity index (χ2n) is 5.36. The van der Waals surface area contributed by atoms with Gasteiger partial charge in [-0.15, -0.1) is 0 Å². The number of carbonyl (C=O) groups is 1. The maximum absolute atomic E-state index is 10.3. The number of rotatable bonds is 8. The van der Waals surface area contributed by atoms with Gasteiger partial charge in [-0.05, 0) is 55.7 Å². The summed E-state index contributed by atoms with van der Waals surface area (Å²) in [5.41, 5.74) is 2.46. The van der Waals surface area contributed by atoms with E-state index in [1.54, 1.807) is 0 Å². The second kappa shape index (κ2) is 8.17. The largest absolute Gasteiger partial charge is 0.481 e. The molecule has 0 amide bonds. The number of hydrogen-bond donors (Lipinski definition) is 1. The Morgan fingerprint density at radius 1 is 1.33 bits per heavy atom. The van der Waals surface area contributed by atoms with Gasteiger partial charge in [-0.3, -0.25) is 4.79 Å². The summed E-state index contributed by atoms with van der Waals surface area (Å²) < 4.78 is 1.11. The molecule has 5 heteroatoms. The minimum atomic E-state index is -0.732. The van der Waals surface area contributed by atoms with E-state index in [1.165, 1.54) is 5.56 Å². The molecule has 1 aromatic carbocycles. The number of aliphatic carboxylic acids is 1. The summed E-state index contributed by atoms with van der Waals surface area (Å²) in [5, 5.41) is 12.7. The first kappa shape index (κ1) is 16.0. The number of benzene rings is 1. The van der Waals surface area contributed by atoms with Crippen LogP contribution in [-0.4, -0.2) is 23.4 Å². The number of nitrogens with zero attached hydrogens (tertiary/aromatic N) is 1. The molecule has 0 radical (unpaired) electrons. The molecule has 0 spiro atoms. The lowest BCUT2D eigenvalue weighted by atomic mass is 9.78. The maximum Gasteiger partial charge on any atom is 0.303 e. The topological polar surface area (TPSA) is 58.9 Å². The van der Waals surface area contributed by atoms with Crippen LogP contribution in [0, 0.1) is 0 Å². The number of halogens is 1. The van der Waals surface area contributed by atoms with Crippen LogP contribution in [0.3, 0.4) is 0 Å². The third-order valence-corrected chi connectivity index (χ3v) is 4.10. The predicted octanol–water partition coefficient (Wildman–Crippen LogP) is 4.34. The molecule has 2 rings (SSSR count). The van der Waals surface area contributed by atoms with Gasteiger partial charge < -0.3 is 9.94 Å². The van der Waals surface area contributed by atoms with Crippen molar-refractivity contribution in [2.24, 2.45) is 5.16 Å². The van der Waals surface area contributed by atoms with Crippen LogP contribution in [0.25, 0.3) is 0 Å². The van der Waals surface area contributed by atoms with Crippen molar-refractivity contribution in [3.05, 3.63) is 34.3 Å². The van der Waals surface area contributed by atoms with Crippen molar-refractivity contribution in [2.75, 3.05) is 6.61 Å². The average molecular weight is 354 g/mol. The third kappa shape index (κ3) is 5.50. The molecule has 0 heterocycles. The van der Waals surface area contributed by atoms with E-state index in [4.69, 9.17) is 9.94 Å². The standard InChI is InChI=1S/C16H20BrNO3/c17-14-6-4-5-12(9-14)13-10-15(11-13)18-21-8-3-1-2-7-16(19)20/h4-6,9,13H,1-3,7-8,10-11H2,(H,19,20). The van der Waals surface area contributed by atoms with Crippen molar-refractivity contribution in [1.29, 1.82) is 0 Å². The molecule has 1 aromatic rings. The maximum atomic E-state index is 10.3. The van der Waals surface area contributed by atoms with Gasteiger partial charge >= 0.3 is 5.97 Å². The normalized spacial score (nSPS) is 17.2. The summed E-state index contributed by atoms with van der Waals surface area (Å²) in [6.07, 6.45) is 4.62. The molecule has 1 aliphatic carbocycles. The first-order valence-electron chi connectivity index (χ1n) is 7.30. The van der Waals surface area contributed by atoms with Crippen LogP contribution >= 0.6 is 15.9 Å². The highest BCUT2D eigenvalue weighted by Gasteiger charge is 2.26. The van der Waals surface area contributed by atoms with Gasteiger partial charge in [0.15, 0.2) is 0 Å². The van der Waals surface area contributed by atoms with Crippen molar-refractivity contribution in [1.82, 2.24) is 0 Å². The molecule has 4 nitrogen and oxygen atoms in total. The molecule has 0 aliphatic heterocycles. The van der Waals surface area contributed by atoms with Gasteiger partial charge in [0.05, 0.1) is 5.71 Å². The SMILES string of the molecule is O=C(O)CCCCCON=C1CC(c2cccc(Br)c2)C1. The lowest BCUT2D eigenvalue weighted by molar-refractivity contribution is -0.137. The van der Waals surface area contributed by atoms with E-state index in [1.807, 2.05) is 6.07 Å². The number of carboxylic acids is 1. The van der Waals surface area contributed by atoms with Gasteiger partial charge in [-0.25, -0.2) is 0 Å². The van der Waals surface area contributed by atoms with Crippen molar-refractivity contribution in [2.45, 2.75) is 44.4 Å². The van der Waals surface area contributed by atoms with Gasteiger partial charge in [0.1, 0.15) is 6.61 Å². The Hall–Kier alpha value is -1.36. The number of oxime groups is 1. The molecule has 0 aromatic heterocycles. The predicted molar refractivity (Wildman–Crippen MR) is 85.6 cm³/mol. The van der Waals surface area contributed by atoms with E-state index in [2.05, 4.69) is 39.3 Å². The monoisotopic (exact) mass is 353 g/mol. The summed E-state index contributed by atoms with van der Waals surface area (Å²) >= 11 is 3.49. The first-order chi connectivity index (χ1) is 10.1. The van der Waals surface area contributed by atoms with E-state index >= 15 is 0 Å². The minimum Gasteiger partial charge on any atom is -0.481 e. The van der Waals surface area contributed by atoms with Crippen molar-refractivity contribution in [3.63, 3.8) is 0 Å². The molecular weight excluding hydrogens is 334 g/mol. The zero-order valence-electron chi connectivity index (χ0n) is 11.9. The number of hydrogen-bond acceptors (Lipinski definition) is 3.